The zero-order valence-electron chi connectivity index (χ0n) is 17.4. The number of fused-ring (bicyclic) bond motifs is 1. The van der Waals surface area contributed by atoms with Crippen LogP contribution < -0.4 is 21.3 Å². The molecular weight excluding hydrogens is 389 g/mol. The van der Waals surface area contributed by atoms with Gasteiger partial charge >= 0.3 is 6.03 Å². The van der Waals surface area contributed by atoms with E-state index in [9.17, 15) is 18.8 Å². The number of urea groups is 1. The highest BCUT2D eigenvalue weighted by molar-refractivity contribution is 5.83. The summed E-state index contributed by atoms with van der Waals surface area (Å²) in [6, 6.07) is 5.49. The van der Waals surface area contributed by atoms with Crippen molar-refractivity contribution >= 4 is 17.8 Å². The molecule has 2 aliphatic heterocycles. The van der Waals surface area contributed by atoms with E-state index in [0.29, 0.717) is 38.9 Å². The van der Waals surface area contributed by atoms with Crippen molar-refractivity contribution in [3.8, 4) is 0 Å². The van der Waals surface area contributed by atoms with Gasteiger partial charge in [0.15, 0.2) is 0 Å². The molecule has 2 aliphatic rings. The van der Waals surface area contributed by atoms with Gasteiger partial charge in [0.1, 0.15) is 5.82 Å². The third-order valence-electron chi connectivity index (χ3n) is 5.49. The van der Waals surface area contributed by atoms with E-state index in [1.54, 1.807) is 12.1 Å². The van der Waals surface area contributed by atoms with Crippen molar-refractivity contribution < 1.29 is 18.8 Å². The van der Waals surface area contributed by atoms with Gasteiger partial charge in [-0.05, 0) is 44.4 Å². The van der Waals surface area contributed by atoms with E-state index in [1.165, 1.54) is 12.1 Å². The largest absolute Gasteiger partial charge is 0.353 e. The van der Waals surface area contributed by atoms with Crippen molar-refractivity contribution in [3.05, 3.63) is 35.6 Å². The van der Waals surface area contributed by atoms with Crippen molar-refractivity contribution in [2.45, 2.75) is 63.8 Å². The minimum Gasteiger partial charge on any atom is -0.353 e. The molecule has 4 N–H and O–H groups in total. The van der Waals surface area contributed by atoms with E-state index >= 15 is 0 Å². The average molecular weight is 420 g/mol. The van der Waals surface area contributed by atoms with Gasteiger partial charge in [-0.25, -0.2) is 9.18 Å². The van der Waals surface area contributed by atoms with Crippen LogP contribution in [0.2, 0.25) is 0 Å². The molecule has 0 aliphatic carbocycles. The molecule has 1 aromatic carbocycles. The van der Waals surface area contributed by atoms with Gasteiger partial charge in [-0.15, -0.1) is 0 Å². The van der Waals surface area contributed by atoms with Crippen LogP contribution in [0.1, 0.15) is 38.7 Å². The highest BCUT2D eigenvalue weighted by atomic mass is 19.1. The predicted octanol–water partition coefficient (Wildman–Crippen LogP) is 0.871. The zero-order chi connectivity index (χ0) is 21.7. The van der Waals surface area contributed by atoms with Crippen LogP contribution in [0.25, 0.3) is 0 Å². The maximum absolute atomic E-state index is 13.0. The van der Waals surface area contributed by atoms with E-state index in [0.717, 1.165) is 5.56 Å². The standard InChI is InChI=1S/C21H30FN5O3/c1-13(2)25-21(30)26-16-9-18-20(29)24-11-17(27(18)12-16)7-8-19(28)23-10-14-3-5-15(22)6-4-14/h3-6,13,16-18H,7-12H2,1-2H3,(H,23,28)(H,24,29)(H2,25,26,30)/t16-,17+,18-/m0/s1. The SMILES string of the molecule is CC(C)NC(=O)N[C@H]1C[C@H]2C(=O)NC[C@@H](CCC(=O)NCc3ccc(F)cc3)N2C1. The molecule has 2 fully saturated rings. The second-order valence-electron chi connectivity index (χ2n) is 8.26. The number of piperazine rings is 1. The summed E-state index contributed by atoms with van der Waals surface area (Å²) < 4.78 is 13.0. The van der Waals surface area contributed by atoms with Gasteiger partial charge in [-0.1, -0.05) is 12.1 Å². The number of hydrogen-bond acceptors (Lipinski definition) is 4. The van der Waals surface area contributed by atoms with Crippen LogP contribution in [0.5, 0.6) is 0 Å². The van der Waals surface area contributed by atoms with Gasteiger partial charge < -0.3 is 21.3 Å². The fourth-order valence-corrected chi connectivity index (χ4v) is 4.03. The molecule has 4 amide bonds. The first-order chi connectivity index (χ1) is 14.3. The van der Waals surface area contributed by atoms with Crippen molar-refractivity contribution in [2.75, 3.05) is 13.1 Å². The van der Waals surface area contributed by atoms with Gasteiger partial charge in [-0.2, -0.15) is 0 Å². The Kier molecular flexibility index (Phi) is 7.25. The summed E-state index contributed by atoms with van der Waals surface area (Å²) in [4.78, 5) is 38.6. The second kappa shape index (κ2) is 9.88. The minimum absolute atomic E-state index is 0.0272. The maximum Gasteiger partial charge on any atom is 0.315 e. The fourth-order valence-electron chi connectivity index (χ4n) is 4.03. The number of nitrogens with zero attached hydrogens (tertiary/aromatic N) is 1. The van der Waals surface area contributed by atoms with Crippen LogP contribution in [0.15, 0.2) is 24.3 Å². The quantitative estimate of drug-likeness (QED) is 0.527. The molecule has 1 aromatic rings. The van der Waals surface area contributed by atoms with E-state index in [1.807, 2.05) is 13.8 Å². The molecule has 2 heterocycles. The van der Waals surface area contributed by atoms with Crippen molar-refractivity contribution in [3.63, 3.8) is 0 Å². The monoisotopic (exact) mass is 419 g/mol. The molecule has 0 radical (unpaired) electrons. The molecule has 164 valence electrons. The summed E-state index contributed by atoms with van der Waals surface area (Å²) in [5.74, 6) is -0.419. The lowest BCUT2D eigenvalue weighted by atomic mass is 10.0. The second-order valence-corrected chi connectivity index (χ2v) is 8.26. The Morgan fingerprint density at radius 3 is 2.70 bits per heavy atom. The van der Waals surface area contributed by atoms with Crippen LogP contribution in [0, 0.1) is 5.82 Å². The lowest BCUT2D eigenvalue weighted by Gasteiger charge is -2.37. The minimum atomic E-state index is -0.306. The molecule has 0 saturated carbocycles. The Morgan fingerprint density at radius 2 is 2.00 bits per heavy atom. The number of benzene rings is 1. The average Bonchev–Trinajstić information content (AvgIpc) is 3.11. The van der Waals surface area contributed by atoms with Gasteiger partial charge in [0.2, 0.25) is 11.8 Å². The van der Waals surface area contributed by atoms with Crippen molar-refractivity contribution in [1.29, 1.82) is 0 Å². The Hall–Kier alpha value is -2.68. The molecule has 3 atom stereocenters. The van der Waals surface area contributed by atoms with Crippen LogP contribution >= 0.6 is 0 Å². The summed E-state index contributed by atoms with van der Waals surface area (Å²) in [5.41, 5.74) is 0.836. The zero-order valence-corrected chi connectivity index (χ0v) is 17.4. The number of nitrogens with one attached hydrogen (secondary N) is 4. The fraction of sp³-hybridized carbons (Fsp3) is 0.571. The number of amides is 4. The molecule has 0 spiro atoms. The van der Waals surface area contributed by atoms with Crippen LogP contribution in [0.3, 0.4) is 0 Å². The summed E-state index contributed by atoms with van der Waals surface area (Å²) >= 11 is 0. The van der Waals surface area contributed by atoms with Gasteiger partial charge in [0, 0.05) is 44.2 Å². The van der Waals surface area contributed by atoms with Gasteiger partial charge in [0.05, 0.1) is 6.04 Å². The maximum atomic E-state index is 13.0. The number of hydrogen-bond donors (Lipinski definition) is 4. The Balaban J connectivity index is 1.47. The molecule has 2 saturated heterocycles. The Morgan fingerprint density at radius 1 is 1.27 bits per heavy atom. The van der Waals surface area contributed by atoms with Gasteiger partial charge in [0.25, 0.3) is 0 Å². The smallest absolute Gasteiger partial charge is 0.315 e. The van der Waals surface area contributed by atoms with Crippen molar-refractivity contribution in [1.82, 2.24) is 26.2 Å². The molecule has 0 bridgehead atoms. The van der Waals surface area contributed by atoms with Crippen LogP contribution in [-0.4, -0.2) is 60.0 Å². The Labute approximate surface area is 176 Å². The summed E-state index contributed by atoms with van der Waals surface area (Å²) in [6.45, 7) is 5.21. The molecule has 0 unspecified atom stereocenters. The lowest BCUT2D eigenvalue weighted by Crippen LogP contribution is -2.58. The number of halogens is 1. The number of carbonyl (C=O) groups excluding carboxylic acids is 3. The third-order valence-corrected chi connectivity index (χ3v) is 5.49. The molecule has 8 nitrogen and oxygen atoms in total. The van der Waals surface area contributed by atoms with Crippen LogP contribution in [-0.2, 0) is 16.1 Å². The van der Waals surface area contributed by atoms with Crippen molar-refractivity contribution in [2.24, 2.45) is 0 Å². The summed E-state index contributed by atoms with van der Waals surface area (Å²) in [5, 5.41) is 11.5. The normalized spacial score (nSPS) is 23.6. The first-order valence-electron chi connectivity index (χ1n) is 10.4. The molecule has 0 aromatic heterocycles. The molecule has 3 rings (SSSR count). The van der Waals surface area contributed by atoms with E-state index in [2.05, 4.69) is 26.2 Å². The summed E-state index contributed by atoms with van der Waals surface area (Å²) in [6.07, 6.45) is 1.50. The third kappa shape index (κ3) is 5.91. The number of carbonyl (C=O) groups is 3. The lowest BCUT2D eigenvalue weighted by molar-refractivity contribution is -0.129. The Bertz CT molecular complexity index is 770. The first-order valence-corrected chi connectivity index (χ1v) is 10.4. The van der Waals surface area contributed by atoms with Crippen LogP contribution in [0.4, 0.5) is 9.18 Å². The molecule has 30 heavy (non-hydrogen) atoms. The highest BCUT2D eigenvalue weighted by Crippen LogP contribution is 2.25. The van der Waals surface area contributed by atoms with E-state index in [4.69, 9.17) is 0 Å². The summed E-state index contributed by atoms with van der Waals surface area (Å²) in [7, 11) is 0. The topological polar surface area (TPSA) is 103 Å². The van der Waals surface area contributed by atoms with E-state index in [-0.39, 0.29) is 47.8 Å². The van der Waals surface area contributed by atoms with Gasteiger partial charge in [-0.3, -0.25) is 14.5 Å². The highest BCUT2D eigenvalue weighted by Gasteiger charge is 2.43. The molecule has 9 heteroatoms. The van der Waals surface area contributed by atoms with E-state index < -0.39 is 0 Å². The first kappa shape index (κ1) is 22.0. The molecular formula is C21H30FN5O3. The number of rotatable bonds is 7. The predicted molar refractivity (Wildman–Crippen MR) is 110 cm³/mol.